The van der Waals surface area contributed by atoms with Gasteiger partial charge in [-0.2, -0.15) is 5.10 Å². The van der Waals surface area contributed by atoms with Crippen LogP contribution in [0.4, 0.5) is 0 Å². The van der Waals surface area contributed by atoms with Gasteiger partial charge in [0.2, 0.25) is 0 Å². The lowest BCUT2D eigenvalue weighted by Gasteiger charge is -2.55. The Hall–Kier alpha value is -1.86. The molecule has 0 spiro atoms. The van der Waals surface area contributed by atoms with Crippen molar-refractivity contribution in [1.82, 2.24) is 15.4 Å². The minimum Gasteiger partial charge on any atom is -0.449 e. The van der Waals surface area contributed by atoms with Crippen LogP contribution in [-0.4, -0.2) is 45.4 Å². The molecule has 0 saturated heterocycles. The first-order valence-corrected chi connectivity index (χ1v) is 11.3. The Morgan fingerprint density at radius 2 is 2.07 bits per heavy atom. The van der Waals surface area contributed by atoms with E-state index >= 15 is 0 Å². The second-order valence-electron chi connectivity index (χ2n) is 9.79. The minimum atomic E-state index is -0.165. The summed E-state index contributed by atoms with van der Waals surface area (Å²) >= 11 is 0. The first kappa shape index (κ1) is 18.0. The number of pyridine rings is 1. The lowest BCUT2D eigenvalue weighted by Crippen LogP contribution is -2.53. The molecule has 0 amide bonds. The summed E-state index contributed by atoms with van der Waals surface area (Å²) in [5.74, 6) is 2.50. The van der Waals surface area contributed by atoms with Crippen LogP contribution in [0.1, 0.15) is 50.5 Å². The van der Waals surface area contributed by atoms with Gasteiger partial charge in [-0.15, -0.1) is 0 Å². The first-order chi connectivity index (χ1) is 14.2. The summed E-state index contributed by atoms with van der Waals surface area (Å²) < 4.78 is 0. The third-order valence-electron chi connectivity index (χ3n) is 8.06. The molecule has 0 radical (unpaired) electrons. The molecule has 29 heavy (non-hydrogen) atoms. The maximum Gasteiger partial charge on any atom is 0.307 e. The molecule has 2 aromatic heterocycles. The molecule has 3 bridgehead atoms. The van der Waals surface area contributed by atoms with Gasteiger partial charge in [-0.05, 0) is 73.7 Å². The maximum atomic E-state index is 10.8. The number of aromatic nitrogens is 2. The van der Waals surface area contributed by atoms with Crippen molar-refractivity contribution < 1.29 is 10.1 Å². The lowest BCUT2D eigenvalue weighted by molar-refractivity contribution is -0.0808. The van der Waals surface area contributed by atoms with Crippen molar-refractivity contribution in [2.24, 2.45) is 34.7 Å². The van der Waals surface area contributed by atoms with E-state index in [-0.39, 0.29) is 13.6 Å². The van der Waals surface area contributed by atoms with E-state index in [4.69, 9.17) is 5.10 Å². The summed E-state index contributed by atoms with van der Waals surface area (Å²) in [5.41, 5.74) is 7.27. The highest BCUT2D eigenvalue weighted by Gasteiger charge is 2.53. The van der Waals surface area contributed by atoms with Crippen LogP contribution in [-0.2, 0) is 0 Å². The number of hydrazone groups is 1. The fraction of sp³-hybridized carbons (Fsp3) is 0.636. The number of hydrogen-bond acceptors (Lipinski definition) is 5. The van der Waals surface area contributed by atoms with Crippen LogP contribution in [0.5, 0.6) is 0 Å². The highest BCUT2D eigenvalue weighted by Crippen LogP contribution is 2.56. The minimum absolute atomic E-state index is 0.0391. The fourth-order valence-electron chi connectivity index (χ4n) is 6.64. The molecule has 2 aromatic rings. The van der Waals surface area contributed by atoms with E-state index in [9.17, 15) is 10.1 Å². The Kier molecular flexibility index (Phi) is 4.24. The smallest absolute Gasteiger partial charge is 0.307 e. The van der Waals surface area contributed by atoms with Gasteiger partial charge in [0.05, 0.1) is 11.8 Å². The largest absolute Gasteiger partial charge is 0.449 e. The molecular weight excluding hydrogens is 363 g/mol. The quantitative estimate of drug-likeness (QED) is 0.352. The summed E-state index contributed by atoms with van der Waals surface area (Å²) in [4.78, 5) is 7.72. The van der Waals surface area contributed by atoms with Crippen molar-refractivity contribution in [2.75, 3.05) is 0 Å². The van der Waals surface area contributed by atoms with Crippen LogP contribution < -0.4 is 10.9 Å². The Bertz CT molecular complexity index is 951. The van der Waals surface area contributed by atoms with Crippen molar-refractivity contribution >= 4 is 29.7 Å². The Balaban J connectivity index is 1.50. The predicted molar refractivity (Wildman–Crippen MR) is 114 cm³/mol. The van der Waals surface area contributed by atoms with E-state index in [2.05, 4.69) is 21.5 Å². The average Bonchev–Trinajstić information content (AvgIpc) is 3.42. The first-order valence-electron chi connectivity index (χ1n) is 11.3. The zero-order chi connectivity index (χ0) is 19.5. The predicted octanol–water partition coefficient (Wildman–Crippen LogP) is 1.42. The number of aliphatic hydroxyl groups is 1. The number of H-pyrrole nitrogens is 1. The molecule has 4 saturated carbocycles. The standard InChI is InChI=1S/C22H29BN4O2/c28-18-9-12-7-11-1-4-14(18)16(8-11)19(12)21(27-26-13-2-3-13)20-15-5-6-24-22(15)25-10-17(20)23-29/h5-6,10-14,16,18-19,23,26,28-29H,1-4,7-9H2,(H,24,25)/b27-21-. The summed E-state index contributed by atoms with van der Waals surface area (Å²) in [6.07, 6.45) is 11.6. The van der Waals surface area contributed by atoms with E-state index in [1.165, 1.54) is 32.1 Å². The number of rotatable bonds is 5. The summed E-state index contributed by atoms with van der Waals surface area (Å²) in [7, 11) is -0.0391. The van der Waals surface area contributed by atoms with Gasteiger partial charge in [0, 0.05) is 35.3 Å². The van der Waals surface area contributed by atoms with Crippen molar-refractivity contribution in [1.29, 1.82) is 0 Å². The topological polar surface area (TPSA) is 93.5 Å². The van der Waals surface area contributed by atoms with Crippen LogP contribution in [0.15, 0.2) is 23.6 Å². The molecule has 6 nitrogen and oxygen atoms in total. The second-order valence-corrected chi connectivity index (χ2v) is 9.79. The summed E-state index contributed by atoms with van der Waals surface area (Å²) in [6.45, 7) is 0. The van der Waals surface area contributed by atoms with Crippen LogP contribution in [0.3, 0.4) is 0 Å². The molecule has 152 valence electrons. The van der Waals surface area contributed by atoms with Crippen LogP contribution in [0, 0.1) is 29.6 Å². The number of fused-ring (bicyclic) bond motifs is 3. The molecule has 4 N–H and O–H groups in total. The molecule has 4 fully saturated rings. The molecule has 0 aromatic carbocycles. The third-order valence-corrected chi connectivity index (χ3v) is 8.06. The van der Waals surface area contributed by atoms with E-state index in [1.807, 2.05) is 6.20 Å². The Morgan fingerprint density at radius 3 is 2.90 bits per heavy atom. The molecule has 6 atom stereocenters. The fourth-order valence-corrected chi connectivity index (χ4v) is 6.64. The van der Waals surface area contributed by atoms with Crippen LogP contribution in [0.25, 0.3) is 11.0 Å². The Labute approximate surface area is 171 Å². The molecule has 6 rings (SSSR count). The number of aromatic amines is 1. The van der Waals surface area contributed by atoms with Crippen molar-refractivity contribution in [3.8, 4) is 0 Å². The number of aliphatic hydroxyl groups excluding tert-OH is 1. The number of nitrogens with zero attached hydrogens (tertiary/aromatic N) is 2. The van der Waals surface area contributed by atoms with E-state index in [0.29, 0.717) is 29.7 Å². The normalized spacial score (nSPS) is 36.4. The zero-order valence-corrected chi connectivity index (χ0v) is 16.7. The van der Waals surface area contributed by atoms with Gasteiger partial charge in [0.15, 0.2) is 0 Å². The molecule has 0 aliphatic heterocycles. The van der Waals surface area contributed by atoms with E-state index in [1.54, 1.807) is 6.20 Å². The molecule has 4 aliphatic rings. The van der Waals surface area contributed by atoms with Gasteiger partial charge >= 0.3 is 7.48 Å². The maximum absolute atomic E-state index is 10.8. The van der Waals surface area contributed by atoms with Gasteiger partial charge in [-0.25, -0.2) is 4.98 Å². The monoisotopic (exact) mass is 392 g/mol. The zero-order valence-electron chi connectivity index (χ0n) is 16.7. The number of hydrogen-bond donors (Lipinski definition) is 4. The molecular formula is C22H29BN4O2. The van der Waals surface area contributed by atoms with E-state index in [0.717, 1.165) is 46.5 Å². The lowest BCUT2D eigenvalue weighted by atomic mass is 9.50. The van der Waals surface area contributed by atoms with Gasteiger partial charge in [-0.1, -0.05) is 6.42 Å². The second kappa shape index (κ2) is 6.84. The highest BCUT2D eigenvalue weighted by atomic mass is 16.3. The summed E-state index contributed by atoms with van der Waals surface area (Å²) in [5, 5.41) is 27.0. The molecule has 4 aliphatic carbocycles. The van der Waals surface area contributed by atoms with Gasteiger partial charge in [0.1, 0.15) is 5.65 Å². The van der Waals surface area contributed by atoms with Gasteiger partial charge in [0.25, 0.3) is 0 Å². The van der Waals surface area contributed by atoms with Crippen molar-refractivity contribution in [3.63, 3.8) is 0 Å². The van der Waals surface area contributed by atoms with Crippen molar-refractivity contribution in [2.45, 2.75) is 57.1 Å². The van der Waals surface area contributed by atoms with Crippen molar-refractivity contribution in [3.05, 3.63) is 24.0 Å². The SMILES string of the molecule is OBc1cnc2[nH]ccc2c1/C(=N\NC1CC1)C1C2CC3CCC(C(O)C2)C1C3. The molecule has 2 heterocycles. The molecule has 6 unspecified atom stereocenters. The number of nitrogens with one attached hydrogen (secondary N) is 2. The average molecular weight is 392 g/mol. The highest BCUT2D eigenvalue weighted by molar-refractivity contribution is 6.49. The van der Waals surface area contributed by atoms with Crippen LogP contribution >= 0.6 is 0 Å². The Morgan fingerprint density at radius 1 is 1.17 bits per heavy atom. The third kappa shape index (κ3) is 2.93. The van der Waals surface area contributed by atoms with Crippen LogP contribution in [0.2, 0.25) is 0 Å². The van der Waals surface area contributed by atoms with Gasteiger partial charge < -0.3 is 20.5 Å². The van der Waals surface area contributed by atoms with Gasteiger partial charge in [-0.3, -0.25) is 0 Å². The molecule has 7 heteroatoms. The summed E-state index contributed by atoms with van der Waals surface area (Å²) in [6, 6.07) is 2.54. The van der Waals surface area contributed by atoms with E-state index < -0.39 is 0 Å².